The maximum absolute atomic E-state index is 13.1. The molecule has 0 radical (unpaired) electrons. The highest BCUT2D eigenvalue weighted by molar-refractivity contribution is 5.97. The maximum atomic E-state index is 13.1. The molecule has 2 aromatic carbocycles. The van der Waals surface area contributed by atoms with Crippen LogP contribution in [0.15, 0.2) is 48.5 Å². The SMILES string of the molecule is CN(C)CC(O)CCCOc1ccc(C(=O)N2CCC(N3C(=O)CCc4ccccc43)CC2)cc1. The lowest BCUT2D eigenvalue weighted by atomic mass is 9.95. The second kappa shape index (κ2) is 11.7. The van der Waals surface area contributed by atoms with Gasteiger partial charge < -0.3 is 24.5 Å². The molecule has 0 bridgehead atoms. The van der Waals surface area contributed by atoms with E-state index in [2.05, 4.69) is 6.07 Å². The minimum Gasteiger partial charge on any atom is -0.494 e. The van der Waals surface area contributed by atoms with Crippen LogP contribution in [0, 0.1) is 0 Å². The predicted octanol–water partition coefficient (Wildman–Crippen LogP) is 3.35. The first-order valence-electron chi connectivity index (χ1n) is 12.7. The molecular weight excluding hydrogens is 442 g/mol. The number of hydrogen-bond donors (Lipinski definition) is 1. The summed E-state index contributed by atoms with van der Waals surface area (Å²) < 4.78 is 5.77. The van der Waals surface area contributed by atoms with Crippen LogP contribution >= 0.6 is 0 Å². The highest BCUT2D eigenvalue weighted by Gasteiger charge is 2.33. The minimum atomic E-state index is -0.347. The third-order valence-corrected chi connectivity index (χ3v) is 6.87. The van der Waals surface area contributed by atoms with E-state index in [0.29, 0.717) is 44.6 Å². The van der Waals surface area contributed by atoms with E-state index in [4.69, 9.17) is 4.74 Å². The van der Waals surface area contributed by atoms with E-state index >= 15 is 0 Å². The Morgan fingerprint density at radius 3 is 2.51 bits per heavy atom. The number of fused-ring (bicyclic) bond motifs is 1. The fourth-order valence-corrected chi connectivity index (χ4v) is 5.08. The van der Waals surface area contributed by atoms with E-state index in [-0.39, 0.29) is 24.0 Å². The number of aryl methyl sites for hydroxylation is 1. The number of benzene rings is 2. The Balaban J connectivity index is 1.26. The summed E-state index contributed by atoms with van der Waals surface area (Å²) in [6.07, 6.45) is 4.05. The van der Waals surface area contributed by atoms with Crippen molar-refractivity contribution in [1.29, 1.82) is 0 Å². The average molecular weight is 480 g/mol. The predicted molar refractivity (Wildman–Crippen MR) is 137 cm³/mol. The molecule has 1 saturated heterocycles. The summed E-state index contributed by atoms with van der Waals surface area (Å²) in [7, 11) is 3.89. The molecule has 2 heterocycles. The van der Waals surface area contributed by atoms with Gasteiger partial charge in [-0.3, -0.25) is 9.59 Å². The lowest BCUT2D eigenvalue weighted by molar-refractivity contribution is -0.119. The molecule has 0 spiro atoms. The topological polar surface area (TPSA) is 73.3 Å². The summed E-state index contributed by atoms with van der Waals surface area (Å²) in [4.78, 5) is 31.6. The number of likely N-dealkylation sites (N-methyl/N-ethyl adjacent to an activating group) is 1. The summed E-state index contributed by atoms with van der Waals surface area (Å²) in [5.74, 6) is 0.938. The number of rotatable bonds is 9. The molecule has 188 valence electrons. The number of aliphatic hydroxyl groups excluding tert-OH is 1. The van der Waals surface area contributed by atoms with Crippen molar-refractivity contribution in [1.82, 2.24) is 9.80 Å². The van der Waals surface area contributed by atoms with Gasteiger partial charge in [-0.15, -0.1) is 0 Å². The van der Waals surface area contributed by atoms with Crippen LogP contribution in [0.3, 0.4) is 0 Å². The van der Waals surface area contributed by atoms with E-state index in [1.165, 1.54) is 5.56 Å². The van der Waals surface area contributed by atoms with E-state index in [0.717, 1.165) is 37.1 Å². The van der Waals surface area contributed by atoms with Crippen molar-refractivity contribution in [2.45, 2.75) is 50.7 Å². The third kappa shape index (κ3) is 6.41. The molecule has 1 N–H and O–H groups in total. The maximum Gasteiger partial charge on any atom is 0.253 e. The molecule has 0 aromatic heterocycles. The van der Waals surface area contributed by atoms with Gasteiger partial charge >= 0.3 is 0 Å². The van der Waals surface area contributed by atoms with Gasteiger partial charge in [0.05, 0.1) is 12.7 Å². The number of likely N-dealkylation sites (tertiary alicyclic amines) is 1. The van der Waals surface area contributed by atoms with Gasteiger partial charge in [0.2, 0.25) is 5.91 Å². The quantitative estimate of drug-likeness (QED) is 0.559. The Morgan fingerprint density at radius 2 is 1.80 bits per heavy atom. The molecule has 2 amide bonds. The van der Waals surface area contributed by atoms with Gasteiger partial charge in [-0.2, -0.15) is 0 Å². The first-order chi connectivity index (χ1) is 16.9. The monoisotopic (exact) mass is 479 g/mol. The molecule has 2 aliphatic heterocycles. The van der Waals surface area contributed by atoms with E-state index in [9.17, 15) is 14.7 Å². The Hall–Kier alpha value is -2.90. The number of ether oxygens (including phenoxy) is 1. The van der Waals surface area contributed by atoms with Crippen molar-refractivity contribution >= 4 is 17.5 Å². The molecule has 1 atom stereocenters. The number of carbonyl (C=O) groups is 2. The lowest BCUT2D eigenvalue weighted by Crippen LogP contribution is -2.50. The van der Waals surface area contributed by atoms with Crippen LogP contribution in [0.2, 0.25) is 0 Å². The lowest BCUT2D eigenvalue weighted by Gasteiger charge is -2.41. The largest absolute Gasteiger partial charge is 0.494 e. The number of para-hydroxylation sites is 1. The molecule has 7 heteroatoms. The second-order valence-electron chi connectivity index (χ2n) is 9.85. The number of hydrogen-bond acceptors (Lipinski definition) is 5. The van der Waals surface area contributed by atoms with Crippen molar-refractivity contribution in [2.75, 3.05) is 45.2 Å². The third-order valence-electron chi connectivity index (χ3n) is 6.87. The summed E-state index contributed by atoms with van der Waals surface area (Å²) in [6.45, 7) is 2.46. The minimum absolute atomic E-state index is 0.0205. The fourth-order valence-electron chi connectivity index (χ4n) is 5.08. The number of amides is 2. The number of piperidine rings is 1. The Labute approximate surface area is 208 Å². The van der Waals surface area contributed by atoms with Crippen LogP contribution in [0.25, 0.3) is 0 Å². The molecule has 1 unspecified atom stereocenters. The van der Waals surface area contributed by atoms with E-state index in [1.807, 2.05) is 71.3 Å². The number of carbonyl (C=O) groups excluding carboxylic acids is 2. The summed E-state index contributed by atoms with van der Waals surface area (Å²) in [6, 6.07) is 15.6. The fraction of sp³-hybridized carbons (Fsp3) is 0.500. The summed E-state index contributed by atoms with van der Waals surface area (Å²) in [5.41, 5.74) is 2.92. The first-order valence-corrected chi connectivity index (χ1v) is 12.7. The molecule has 2 aliphatic rings. The molecule has 7 nitrogen and oxygen atoms in total. The molecule has 1 fully saturated rings. The van der Waals surface area contributed by atoms with Gasteiger partial charge in [-0.25, -0.2) is 0 Å². The summed E-state index contributed by atoms with van der Waals surface area (Å²) >= 11 is 0. The highest BCUT2D eigenvalue weighted by Crippen LogP contribution is 2.32. The van der Waals surface area contributed by atoms with Crippen LogP contribution in [0.5, 0.6) is 5.75 Å². The highest BCUT2D eigenvalue weighted by atomic mass is 16.5. The smallest absolute Gasteiger partial charge is 0.253 e. The van der Waals surface area contributed by atoms with Gasteiger partial charge in [0.1, 0.15) is 5.75 Å². The van der Waals surface area contributed by atoms with Gasteiger partial charge in [0.15, 0.2) is 0 Å². The van der Waals surface area contributed by atoms with Crippen LogP contribution in [-0.4, -0.2) is 79.2 Å². The number of nitrogens with zero attached hydrogens (tertiary/aromatic N) is 3. The average Bonchev–Trinajstić information content (AvgIpc) is 2.86. The molecule has 35 heavy (non-hydrogen) atoms. The molecule has 2 aromatic rings. The van der Waals surface area contributed by atoms with Gasteiger partial charge in [0.25, 0.3) is 5.91 Å². The number of anilines is 1. The van der Waals surface area contributed by atoms with Crippen molar-refractivity contribution in [3.63, 3.8) is 0 Å². The zero-order valence-corrected chi connectivity index (χ0v) is 20.9. The van der Waals surface area contributed by atoms with Crippen molar-refractivity contribution < 1.29 is 19.4 Å². The van der Waals surface area contributed by atoms with E-state index in [1.54, 1.807) is 0 Å². The zero-order chi connectivity index (χ0) is 24.8. The second-order valence-corrected chi connectivity index (χ2v) is 9.85. The molecule has 4 rings (SSSR count). The van der Waals surface area contributed by atoms with Crippen LogP contribution < -0.4 is 9.64 Å². The van der Waals surface area contributed by atoms with Gasteiger partial charge in [-0.05, 0) is 82.1 Å². The van der Waals surface area contributed by atoms with Crippen molar-refractivity contribution in [3.05, 3.63) is 59.7 Å². The van der Waals surface area contributed by atoms with Crippen LogP contribution in [-0.2, 0) is 11.2 Å². The molecule has 0 saturated carbocycles. The Bertz CT molecular complexity index is 1000. The van der Waals surface area contributed by atoms with Crippen molar-refractivity contribution in [2.24, 2.45) is 0 Å². The van der Waals surface area contributed by atoms with E-state index < -0.39 is 0 Å². The first kappa shape index (κ1) is 25.2. The van der Waals surface area contributed by atoms with Crippen molar-refractivity contribution in [3.8, 4) is 5.75 Å². The molecule has 0 aliphatic carbocycles. The standard InChI is InChI=1S/C28H37N3O4/c1-29(2)20-24(32)7-5-19-35-25-12-9-22(10-13-25)28(34)30-17-15-23(16-18-30)31-26-8-4-3-6-21(26)11-14-27(31)33/h3-4,6,8-10,12-13,23-24,32H,5,7,11,14-20H2,1-2H3. The van der Waals surface area contributed by atoms with Gasteiger partial charge in [0, 0.05) is 43.3 Å². The molecular formula is C28H37N3O4. The van der Waals surface area contributed by atoms with Crippen LogP contribution in [0.1, 0.15) is 48.0 Å². The zero-order valence-electron chi connectivity index (χ0n) is 20.9. The van der Waals surface area contributed by atoms with Gasteiger partial charge in [-0.1, -0.05) is 18.2 Å². The Kier molecular flexibility index (Phi) is 8.42. The summed E-state index contributed by atoms with van der Waals surface area (Å²) in [5, 5.41) is 9.93. The Morgan fingerprint density at radius 1 is 1.09 bits per heavy atom. The van der Waals surface area contributed by atoms with Crippen LogP contribution in [0.4, 0.5) is 5.69 Å². The number of aliphatic hydroxyl groups is 1. The normalized spacial score (nSPS) is 17.4.